The van der Waals surface area contributed by atoms with E-state index in [1.165, 1.54) is 12.0 Å². The molecule has 2 heterocycles. The molecule has 0 bridgehead atoms. The fourth-order valence-electron chi connectivity index (χ4n) is 4.29. The number of ether oxygens (including phenoxy) is 3. The first-order valence-corrected chi connectivity index (χ1v) is 11.6. The summed E-state index contributed by atoms with van der Waals surface area (Å²) in [6.45, 7) is 6.18. The highest BCUT2D eigenvalue weighted by molar-refractivity contribution is 6.00. The molecule has 0 aromatic heterocycles. The predicted octanol–water partition coefficient (Wildman–Crippen LogP) is 1.23. The summed E-state index contributed by atoms with van der Waals surface area (Å²) in [5, 5.41) is 5.63. The molecule has 3 amide bonds. The van der Waals surface area contributed by atoms with Gasteiger partial charge in [-0.1, -0.05) is 26.0 Å². The number of methoxy groups -OCH3 is 1. The first kappa shape index (κ1) is 25.5. The Balaban J connectivity index is 1.70. The Hall–Kier alpha value is -3.14. The zero-order chi connectivity index (χ0) is 24.8. The van der Waals surface area contributed by atoms with Crippen LogP contribution in [0.15, 0.2) is 24.3 Å². The van der Waals surface area contributed by atoms with Gasteiger partial charge < -0.3 is 29.7 Å². The first-order chi connectivity index (χ1) is 16.3. The zero-order valence-electron chi connectivity index (χ0n) is 20.0. The lowest BCUT2D eigenvalue weighted by molar-refractivity contribution is -0.164. The van der Waals surface area contributed by atoms with E-state index in [0.29, 0.717) is 37.3 Å². The van der Waals surface area contributed by atoms with Crippen molar-refractivity contribution in [2.45, 2.75) is 64.4 Å². The molecule has 0 radical (unpaired) electrons. The van der Waals surface area contributed by atoms with Gasteiger partial charge in [0.2, 0.25) is 18.1 Å². The van der Waals surface area contributed by atoms with Gasteiger partial charge in [0.25, 0.3) is 5.91 Å². The molecule has 2 aliphatic rings. The van der Waals surface area contributed by atoms with Gasteiger partial charge in [-0.15, -0.1) is 0 Å². The van der Waals surface area contributed by atoms with Crippen molar-refractivity contribution in [1.82, 2.24) is 15.5 Å². The maximum absolute atomic E-state index is 13.5. The summed E-state index contributed by atoms with van der Waals surface area (Å²) >= 11 is 0. The molecule has 2 N–H and O–H groups in total. The van der Waals surface area contributed by atoms with Crippen LogP contribution in [0.25, 0.3) is 0 Å². The number of esters is 1. The number of benzene rings is 1. The minimum atomic E-state index is -0.837. The van der Waals surface area contributed by atoms with Crippen LogP contribution in [0.2, 0.25) is 0 Å². The van der Waals surface area contributed by atoms with Crippen molar-refractivity contribution < 1.29 is 33.4 Å². The smallest absolute Gasteiger partial charge is 0.310 e. The Morgan fingerprint density at radius 1 is 1.24 bits per heavy atom. The van der Waals surface area contributed by atoms with Crippen LogP contribution in [0.3, 0.4) is 0 Å². The second-order valence-electron chi connectivity index (χ2n) is 8.72. The minimum absolute atomic E-state index is 0.0145. The van der Waals surface area contributed by atoms with Crippen LogP contribution >= 0.6 is 0 Å². The van der Waals surface area contributed by atoms with Gasteiger partial charge >= 0.3 is 5.97 Å². The van der Waals surface area contributed by atoms with Crippen molar-refractivity contribution in [1.29, 1.82) is 0 Å². The maximum atomic E-state index is 13.5. The molecule has 2 saturated heterocycles. The van der Waals surface area contributed by atoms with E-state index in [4.69, 9.17) is 14.2 Å². The van der Waals surface area contributed by atoms with Gasteiger partial charge in [-0.25, -0.2) is 0 Å². The molecular weight excluding hydrogens is 442 g/mol. The molecule has 3 rings (SSSR count). The number of para-hydroxylation sites is 1. The van der Waals surface area contributed by atoms with E-state index in [1.807, 2.05) is 13.8 Å². The largest absolute Gasteiger partial charge is 0.496 e. The molecule has 2 aliphatic heterocycles. The summed E-state index contributed by atoms with van der Waals surface area (Å²) in [5.74, 6) is -1.36. The number of amides is 3. The number of hydrogen-bond donors (Lipinski definition) is 2. The van der Waals surface area contributed by atoms with Crippen LogP contribution in [0.1, 0.15) is 50.4 Å². The van der Waals surface area contributed by atoms with Crippen molar-refractivity contribution in [3.05, 3.63) is 29.8 Å². The van der Waals surface area contributed by atoms with Crippen LogP contribution in [0.5, 0.6) is 5.75 Å². The summed E-state index contributed by atoms with van der Waals surface area (Å²) < 4.78 is 15.8. The minimum Gasteiger partial charge on any atom is -0.496 e. The summed E-state index contributed by atoms with van der Waals surface area (Å²) in [6.07, 6.45) is 0.324. The fraction of sp³-hybridized carbons (Fsp3) is 0.583. The molecule has 1 aromatic carbocycles. The van der Waals surface area contributed by atoms with Gasteiger partial charge in [0.05, 0.1) is 19.1 Å². The highest BCUT2D eigenvalue weighted by atomic mass is 16.7. The van der Waals surface area contributed by atoms with Crippen molar-refractivity contribution in [2.75, 3.05) is 20.3 Å². The number of hydrogen-bond acceptors (Lipinski definition) is 7. The lowest BCUT2D eigenvalue weighted by atomic mass is 10.0. The normalized spacial score (nSPS) is 22.9. The summed E-state index contributed by atoms with van der Waals surface area (Å²) in [6, 6.07) is 4.65. The second-order valence-corrected chi connectivity index (χ2v) is 8.72. The summed E-state index contributed by atoms with van der Waals surface area (Å²) in [7, 11) is 1.48. The molecule has 186 valence electrons. The molecule has 4 atom stereocenters. The van der Waals surface area contributed by atoms with E-state index in [9.17, 15) is 19.2 Å². The molecule has 10 nitrogen and oxygen atoms in total. The van der Waals surface area contributed by atoms with Gasteiger partial charge in [-0.3, -0.25) is 19.2 Å². The van der Waals surface area contributed by atoms with E-state index in [2.05, 4.69) is 10.6 Å². The second kappa shape index (κ2) is 11.3. The monoisotopic (exact) mass is 475 g/mol. The first-order valence-electron chi connectivity index (χ1n) is 11.6. The molecule has 34 heavy (non-hydrogen) atoms. The van der Waals surface area contributed by atoms with E-state index >= 15 is 0 Å². The Bertz CT molecular complexity index is 920. The van der Waals surface area contributed by atoms with Gasteiger partial charge in [-0.2, -0.15) is 0 Å². The quantitative estimate of drug-likeness (QED) is 0.515. The lowest BCUT2D eigenvalue weighted by Gasteiger charge is -2.31. The molecular formula is C24H33N3O7. The van der Waals surface area contributed by atoms with Crippen LogP contribution in [-0.4, -0.2) is 73.3 Å². The number of likely N-dealkylation sites (tertiary alicyclic amines) is 1. The van der Waals surface area contributed by atoms with Crippen molar-refractivity contribution >= 4 is 23.7 Å². The molecule has 10 heteroatoms. The van der Waals surface area contributed by atoms with Gasteiger partial charge in [0.1, 0.15) is 23.9 Å². The SMILES string of the molecule is CCO[C@@H]1OC(=O)C[C@H]1NC(=O)[C@@H]1CCCN1C(=O)[C@@H](NC(=O)c1ccccc1OC)C(C)C. The van der Waals surface area contributed by atoms with Crippen LogP contribution in [-0.2, 0) is 23.9 Å². The molecule has 0 unspecified atom stereocenters. The van der Waals surface area contributed by atoms with E-state index in [0.717, 1.165) is 0 Å². The Labute approximate surface area is 199 Å². The highest BCUT2D eigenvalue weighted by Gasteiger charge is 2.42. The maximum Gasteiger partial charge on any atom is 0.310 e. The van der Waals surface area contributed by atoms with Gasteiger partial charge in [0.15, 0.2) is 0 Å². The Morgan fingerprint density at radius 3 is 2.65 bits per heavy atom. The highest BCUT2D eigenvalue weighted by Crippen LogP contribution is 2.23. The van der Waals surface area contributed by atoms with E-state index in [1.54, 1.807) is 31.2 Å². The molecule has 0 aliphatic carbocycles. The van der Waals surface area contributed by atoms with Crippen LogP contribution in [0.4, 0.5) is 0 Å². The van der Waals surface area contributed by atoms with Crippen LogP contribution < -0.4 is 15.4 Å². The number of nitrogens with zero attached hydrogens (tertiary/aromatic N) is 1. The number of cyclic esters (lactones) is 1. The van der Waals surface area contributed by atoms with Crippen molar-refractivity contribution in [2.24, 2.45) is 5.92 Å². The molecule has 0 saturated carbocycles. The average molecular weight is 476 g/mol. The Morgan fingerprint density at radius 2 is 1.97 bits per heavy atom. The fourth-order valence-corrected chi connectivity index (χ4v) is 4.29. The average Bonchev–Trinajstić information content (AvgIpc) is 3.43. The Kier molecular flexibility index (Phi) is 8.49. The van der Waals surface area contributed by atoms with Crippen LogP contribution in [0, 0.1) is 5.92 Å². The van der Waals surface area contributed by atoms with E-state index < -0.39 is 36.3 Å². The number of carbonyl (C=O) groups excluding carboxylic acids is 4. The third-order valence-electron chi connectivity index (χ3n) is 6.03. The third-order valence-corrected chi connectivity index (χ3v) is 6.03. The molecule has 2 fully saturated rings. The summed E-state index contributed by atoms with van der Waals surface area (Å²) in [5.41, 5.74) is 0.326. The number of nitrogens with one attached hydrogen (secondary N) is 2. The van der Waals surface area contributed by atoms with E-state index in [-0.39, 0.29) is 24.2 Å². The molecule has 1 aromatic rings. The van der Waals surface area contributed by atoms with Crippen molar-refractivity contribution in [3.8, 4) is 5.75 Å². The lowest BCUT2D eigenvalue weighted by Crippen LogP contribution is -2.56. The van der Waals surface area contributed by atoms with Crippen molar-refractivity contribution in [3.63, 3.8) is 0 Å². The number of carbonyl (C=O) groups is 4. The number of rotatable bonds is 9. The topological polar surface area (TPSA) is 123 Å². The summed E-state index contributed by atoms with van der Waals surface area (Å²) in [4.78, 5) is 52.7. The zero-order valence-corrected chi connectivity index (χ0v) is 20.0. The third kappa shape index (κ3) is 5.67. The standard InChI is InChI=1S/C24H33N3O7/c1-5-33-24-16(13-19(28)34-24)25-22(30)17-10-8-12-27(17)23(31)20(14(2)3)26-21(29)15-9-6-7-11-18(15)32-4/h6-7,9,11,14,16-17,20,24H,5,8,10,12-13H2,1-4H3,(H,25,30)(H,26,29)/t16-,17+,20+,24-/m1/s1. The molecule has 0 spiro atoms. The predicted molar refractivity (Wildman–Crippen MR) is 122 cm³/mol. The van der Waals surface area contributed by atoms with Gasteiger partial charge in [0, 0.05) is 13.2 Å². The van der Waals surface area contributed by atoms with Gasteiger partial charge in [-0.05, 0) is 37.8 Å².